The molecule has 19 heavy (non-hydrogen) atoms. The Labute approximate surface area is 125 Å². The van der Waals surface area contributed by atoms with Gasteiger partial charge in [-0.05, 0) is 18.6 Å². The van der Waals surface area contributed by atoms with Crippen LogP contribution in [0.2, 0.25) is 10.0 Å². The van der Waals surface area contributed by atoms with E-state index in [1.807, 2.05) is 0 Å². The second-order valence-electron chi connectivity index (χ2n) is 3.79. The molecule has 0 saturated heterocycles. The zero-order valence-electron chi connectivity index (χ0n) is 10.3. The van der Waals surface area contributed by atoms with Gasteiger partial charge in [-0.25, -0.2) is 0 Å². The van der Waals surface area contributed by atoms with Crippen molar-refractivity contribution in [2.75, 3.05) is 11.9 Å². The maximum Gasteiger partial charge on any atom is 0.205 e. The predicted molar refractivity (Wildman–Crippen MR) is 79.5 cm³/mol. The van der Waals surface area contributed by atoms with Crippen molar-refractivity contribution in [3.8, 4) is 5.75 Å². The fourth-order valence-electron chi connectivity index (χ4n) is 1.34. The van der Waals surface area contributed by atoms with Gasteiger partial charge in [0.15, 0.2) is 5.01 Å². The lowest BCUT2D eigenvalue weighted by molar-refractivity contribution is 0.305. The Kier molecular flexibility index (Phi) is 5.24. The molecule has 4 nitrogen and oxygen atoms in total. The van der Waals surface area contributed by atoms with E-state index in [4.69, 9.17) is 27.9 Å². The lowest BCUT2D eigenvalue weighted by Crippen LogP contribution is -1.98. The Hall–Kier alpha value is -1.04. The minimum Gasteiger partial charge on any atom is -0.485 e. The number of rotatable bonds is 6. The third kappa shape index (κ3) is 4.23. The van der Waals surface area contributed by atoms with Crippen molar-refractivity contribution in [2.24, 2.45) is 0 Å². The van der Waals surface area contributed by atoms with Crippen LogP contribution in [0.1, 0.15) is 18.4 Å². The van der Waals surface area contributed by atoms with Crippen LogP contribution in [0, 0.1) is 0 Å². The molecule has 0 aliphatic heterocycles. The maximum atomic E-state index is 6.01. The van der Waals surface area contributed by atoms with E-state index in [-0.39, 0.29) is 0 Å². The summed E-state index contributed by atoms with van der Waals surface area (Å²) in [7, 11) is 0. The van der Waals surface area contributed by atoms with E-state index >= 15 is 0 Å². The number of hydrogen-bond donors (Lipinski definition) is 1. The number of ether oxygens (including phenoxy) is 1. The van der Waals surface area contributed by atoms with Gasteiger partial charge in [-0.15, -0.1) is 10.2 Å². The Balaban J connectivity index is 1.94. The van der Waals surface area contributed by atoms with Gasteiger partial charge < -0.3 is 10.1 Å². The summed E-state index contributed by atoms with van der Waals surface area (Å²) in [5.74, 6) is 0.549. The minimum absolute atomic E-state index is 0.325. The number of nitrogens with one attached hydrogen (secondary N) is 1. The summed E-state index contributed by atoms with van der Waals surface area (Å²) >= 11 is 13.4. The van der Waals surface area contributed by atoms with Gasteiger partial charge in [0.2, 0.25) is 5.13 Å². The first-order valence-electron chi connectivity index (χ1n) is 5.83. The molecule has 0 radical (unpaired) electrons. The molecule has 7 heteroatoms. The average Bonchev–Trinajstić information content (AvgIpc) is 2.85. The van der Waals surface area contributed by atoms with Gasteiger partial charge in [-0.3, -0.25) is 0 Å². The number of aromatic nitrogens is 2. The van der Waals surface area contributed by atoms with Crippen LogP contribution in [-0.4, -0.2) is 16.7 Å². The standard InChI is InChI=1S/C12H13Cl2N3OS/c1-2-5-15-12-17-16-11(19-12)7-18-10-6-8(13)3-4-9(10)14/h3-4,6H,2,5,7H2,1H3,(H,15,17). The van der Waals surface area contributed by atoms with Crippen molar-refractivity contribution in [1.82, 2.24) is 10.2 Å². The first kappa shape index (κ1) is 14.4. The highest BCUT2D eigenvalue weighted by Crippen LogP contribution is 2.28. The summed E-state index contributed by atoms with van der Waals surface area (Å²) in [6.07, 6.45) is 1.05. The summed E-state index contributed by atoms with van der Waals surface area (Å²) in [6.45, 7) is 3.31. The van der Waals surface area contributed by atoms with Crippen molar-refractivity contribution < 1.29 is 4.74 Å². The molecule has 102 valence electrons. The molecule has 2 rings (SSSR count). The topological polar surface area (TPSA) is 47.0 Å². The van der Waals surface area contributed by atoms with E-state index in [1.165, 1.54) is 11.3 Å². The number of nitrogens with zero attached hydrogens (tertiary/aromatic N) is 2. The molecule has 2 aromatic rings. The van der Waals surface area contributed by atoms with Crippen molar-refractivity contribution in [2.45, 2.75) is 20.0 Å². The normalized spacial score (nSPS) is 10.5. The Morgan fingerprint density at radius 2 is 2.16 bits per heavy atom. The molecule has 1 heterocycles. The number of benzene rings is 1. The summed E-state index contributed by atoms with van der Waals surface area (Å²) in [6, 6.07) is 5.10. The molecule has 0 bridgehead atoms. The highest BCUT2D eigenvalue weighted by molar-refractivity contribution is 7.15. The lowest BCUT2D eigenvalue weighted by atomic mass is 10.3. The van der Waals surface area contributed by atoms with Crippen LogP contribution in [0.25, 0.3) is 0 Å². The van der Waals surface area contributed by atoms with Gasteiger partial charge in [0.25, 0.3) is 0 Å². The largest absolute Gasteiger partial charge is 0.485 e. The molecule has 0 spiro atoms. The second kappa shape index (κ2) is 6.93. The zero-order chi connectivity index (χ0) is 13.7. The van der Waals surface area contributed by atoms with Crippen LogP contribution in [0.4, 0.5) is 5.13 Å². The fraction of sp³-hybridized carbons (Fsp3) is 0.333. The van der Waals surface area contributed by atoms with E-state index in [1.54, 1.807) is 18.2 Å². The molecule has 0 atom stereocenters. The predicted octanol–water partition coefficient (Wildman–Crippen LogP) is 4.25. The summed E-state index contributed by atoms with van der Waals surface area (Å²) < 4.78 is 5.59. The van der Waals surface area contributed by atoms with Crippen LogP contribution in [0.3, 0.4) is 0 Å². The fourth-order valence-corrected chi connectivity index (χ4v) is 2.36. The van der Waals surface area contributed by atoms with Crippen LogP contribution in [0.15, 0.2) is 18.2 Å². The maximum absolute atomic E-state index is 6.01. The Morgan fingerprint density at radius 1 is 1.32 bits per heavy atom. The van der Waals surface area contributed by atoms with Gasteiger partial charge in [0, 0.05) is 17.6 Å². The van der Waals surface area contributed by atoms with Crippen LogP contribution in [0.5, 0.6) is 5.75 Å². The zero-order valence-corrected chi connectivity index (χ0v) is 12.6. The quantitative estimate of drug-likeness (QED) is 0.865. The van der Waals surface area contributed by atoms with E-state index in [0.29, 0.717) is 22.4 Å². The second-order valence-corrected chi connectivity index (χ2v) is 5.70. The molecule has 0 fully saturated rings. The van der Waals surface area contributed by atoms with Crippen LogP contribution < -0.4 is 10.1 Å². The van der Waals surface area contributed by atoms with Crippen molar-refractivity contribution in [3.05, 3.63) is 33.3 Å². The van der Waals surface area contributed by atoms with E-state index < -0.39 is 0 Å². The smallest absolute Gasteiger partial charge is 0.205 e. The highest BCUT2D eigenvalue weighted by atomic mass is 35.5. The molecule has 0 aliphatic rings. The van der Waals surface area contributed by atoms with Crippen LogP contribution >= 0.6 is 34.5 Å². The summed E-state index contributed by atoms with van der Waals surface area (Å²) in [5.41, 5.74) is 0. The molecular weight excluding hydrogens is 305 g/mol. The molecular formula is C12H13Cl2N3OS. The van der Waals surface area contributed by atoms with E-state index in [9.17, 15) is 0 Å². The van der Waals surface area contributed by atoms with Crippen molar-refractivity contribution in [1.29, 1.82) is 0 Å². The third-order valence-corrected chi connectivity index (χ3v) is 3.64. The van der Waals surface area contributed by atoms with Gasteiger partial charge in [-0.2, -0.15) is 0 Å². The lowest BCUT2D eigenvalue weighted by Gasteiger charge is -2.05. The highest BCUT2D eigenvalue weighted by Gasteiger charge is 2.07. The van der Waals surface area contributed by atoms with Crippen molar-refractivity contribution >= 4 is 39.7 Å². The average molecular weight is 318 g/mol. The Bertz CT molecular complexity index is 548. The molecule has 0 unspecified atom stereocenters. The molecule has 1 aromatic heterocycles. The van der Waals surface area contributed by atoms with Gasteiger partial charge in [0.1, 0.15) is 12.4 Å². The van der Waals surface area contributed by atoms with Crippen molar-refractivity contribution in [3.63, 3.8) is 0 Å². The molecule has 0 aliphatic carbocycles. The summed E-state index contributed by atoms with van der Waals surface area (Å²) in [4.78, 5) is 0. The van der Waals surface area contributed by atoms with Gasteiger partial charge >= 0.3 is 0 Å². The van der Waals surface area contributed by atoms with E-state index in [0.717, 1.165) is 23.1 Å². The first-order chi connectivity index (χ1) is 9.19. The minimum atomic E-state index is 0.325. The molecule has 1 aromatic carbocycles. The van der Waals surface area contributed by atoms with Gasteiger partial charge in [-0.1, -0.05) is 41.5 Å². The molecule has 0 saturated carbocycles. The number of halogens is 2. The van der Waals surface area contributed by atoms with Gasteiger partial charge in [0.05, 0.1) is 5.02 Å². The monoisotopic (exact) mass is 317 g/mol. The van der Waals surface area contributed by atoms with E-state index in [2.05, 4.69) is 22.4 Å². The SMILES string of the molecule is CCCNc1nnc(COc2cc(Cl)ccc2Cl)s1. The molecule has 0 amide bonds. The van der Waals surface area contributed by atoms with Crippen LogP contribution in [-0.2, 0) is 6.61 Å². The number of anilines is 1. The number of hydrogen-bond acceptors (Lipinski definition) is 5. The first-order valence-corrected chi connectivity index (χ1v) is 7.40. The Morgan fingerprint density at radius 3 is 2.95 bits per heavy atom. The summed E-state index contributed by atoms with van der Waals surface area (Å²) in [5, 5.41) is 13.9. The third-order valence-electron chi connectivity index (χ3n) is 2.24. The molecule has 1 N–H and O–H groups in total.